The molecule has 9 heteroatoms. The largest absolute Gasteiger partial charge is 0.495 e. The van der Waals surface area contributed by atoms with Gasteiger partial charge < -0.3 is 14.8 Å². The van der Waals surface area contributed by atoms with Crippen LogP contribution in [0.3, 0.4) is 0 Å². The second-order valence-electron chi connectivity index (χ2n) is 6.00. The van der Waals surface area contributed by atoms with Crippen LogP contribution in [-0.2, 0) is 24.3 Å². The van der Waals surface area contributed by atoms with Crippen molar-refractivity contribution in [3.05, 3.63) is 18.2 Å². The molecule has 0 unspecified atom stereocenters. The number of piperidine rings is 1. The van der Waals surface area contributed by atoms with Gasteiger partial charge in [-0.15, -0.1) is 0 Å². The van der Waals surface area contributed by atoms with Gasteiger partial charge in [-0.05, 0) is 38.0 Å². The van der Waals surface area contributed by atoms with Gasteiger partial charge in [0, 0.05) is 25.7 Å². The van der Waals surface area contributed by atoms with Crippen LogP contribution in [0.4, 0.5) is 5.69 Å². The molecule has 144 valence electrons. The first kappa shape index (κ1) is 20.2. The third kappa shape index (κ3) is 4.53. The predicted octanol–water partition coefficient (Wildman–Crippen LogP) is 1.62. The van der Waals surface area contributed by atoms with Crippen molar-refractivity contribution in [3.8, 4) is 5.75 Å². The quantitative estimate of drug-likeness (QED) is 0.748. The lowest BCUT2D eigenvalue weighted by Crippen LogP contribution is -2.42. The lowest BCUT2D eigenvalue weighted by atomic mass is 10.0. The number of anilines is 1. The van der Waals surface area contributed by atoms with Gasteiger partial charge in [0.25, 0.3) is 0 Å². The van der Waals surface area contributed by atoms with E-state index < -0.39 is 15.9 Å². The first-order chi connectivity index (χ1) is 12.3. The summed E-state index contributed by atoms with van der Waals surface area (Å²) in [5.41, 5.74) is 0.357. The highest BCUT2D eigenvalue weighted by molar-refractivity contribution is 7.89. The summed E-state index contributed by atoms with van der Waals surface area (Å²) in [6, 6.07) is 4.42. The van der Waals surface area contributed by atoms with E-state index in [4.69, 9.17) is 9.47 Å². The van der Waals surface area contributed by atoms with Crippen molar-refractivity contribution >= 4 is 27.6 Å². The summed E-state index contributed by atoms with van der Waals surface area (Å²) >= 11 is 0. The van der Waals surface area contributed by atoms with Crippen molar-refractivity contribution in [2.75, 3.05) is 32.1 Å². The number of nitrogens with zero attached hydrogens (tertiary/aromatic N) is 1. The number of hydrogen-bond acceptors (Lipinski definition) is 6. The average Bonchev–Trinajstić information content (AvgIpc) is 2.61. The minimum Gasteiger partial charge on any atom is -0.495 e. The molecule has 1 saturated heterocycles. The van der Waals surface area contributed by atoms with Crippen LogP contribution >= 0.6 is 0 Å². The van der Waals surface area contributed by atoms with Crippen molar-refractivity contribution in [1.82, 2.24) is 4.31 Å². The van der Waals surface area contributed by atoms with Gasteiger partial charge in [-0.25, -0.2) is 8.42 Å². The molecule has 0 saturated carbocycles. The van der Waals surface area contributed by atoms with Crippen LogP contribution in [0.25, 0.3) is 0 Å². The molecule has 1 aromatic rings. The van der Waals surface area contributed by atoms with Crippen LogP contribution in [0.15, 0.2) is 23.1 Å². The SMILES string of the molecule is CCOC(=O)[C@H]1CCCN(S(=O)(=O)c2cc(NC(C)=O)ccc2OC)C1. The van der Waals surface area contributed by atoms with E-state index in [0.29, 0.717) is 25.1 Å². The van der Waals surface area contributed by atoms with E-state index in [9.17, 15) is 18.0 Å². The van der Waals surface area contributed by atoms with E-state index in [1.807, 2.05) is 0 Å². The summed E-state index contributed by atoms with van der Waals surface area (Å²) in [7, 11) is -2.52. The first-order valence-corrected chi connectivity index (χ1v) is 9.86. The predicted molar refractivity (Wildman–Crippen MR) is 95.4 cm³/mol. The number of methoxy groups -OCH3 is 1. The number of carbonyl (C=O) groups excluding carboxylic acids is 2. The fraction of sp³-hybridized carbons (Fsp3) is 0.529. The number of sulfonamides is 1. The van der Waals surface area contributed by atoms with E-state index in [0.717, 1.165) is 0 Å². The van der Waals surface area contributed by atoms with E-state index in [2.05, 4.69) is 5.32 Å². The minimum absolute atomic E-state index is 0.0456. The number of carbonyl (C=O) groups is 2. The molecule has 0 aromatic heterocycles. The van der Waals surface area contributed by atoms with Crippen LogP contribution < -0.4 is 10.1 Å². The Morgan fingerprint density at radius 1 is 1.35 bits per heavy atom. The van der Waals surface area contributed by atoms with E-state index >= 15 is 0 Å². The van der Waals surface area contributed by atoms with Crippen molar-refractivity contribution in [2.24, 2.45) is 5.92 Å². The van der Waals surface area contributed by atoms with Gasteiger partial charge in [-0.3, -0.25) is 9.59 Å². The molecule has 0 bridgehead atoms. The number of amides is 1. The standard InChI is InChI=1S/C17H24N2O6S/c1-4-25-17(21)13-6-5-9-19(11-13)26(22,23)16-10-14(18-12(2)20)7-8-15(16)24-3/h7-8,10,13H,4-6,9,11H2,1-3H3,(H,18,20)/t13-/m0/s1. The van der Waals surface area contributed by atoms with Crippen molar-refractivity contribution in [2.45, 2.75) is 31.6 Å². The third-order valence-corrected chi connectivity index (χ3v) is 5.99. The highest BCUT2D eigenvalue weighted by atomic mass is 32.2. The van der Waals surface area contributed by atoms with E-state index in [1.165, 1.54) is 30.5 Å². The molecular weight excluding hydrogens is 360 g/mol. The first-order valence-electron chi connectivity index (χ1n) is 8.42. The Bertz CT molecular complexity index is 777. The monoisotopic (exact) mass is 384 g/mol. The summed E-state index contributed by atoms with van der Waals surface area (Å²) in [6.07, 6.45) is 1.16. The van der Waals surface area contributed by atoms with Gasteiger partial charge in [0.05, 0.1) is 19.6 Å². The molecule has 0 aliphatic carbocycles. The summed E-state index contributed by atoms with van der Waals surface area (Å²) < 4.78 is 37.7. The fourth-order valence-electron chi connectivity index (χ4n) is 2.91. The topological polar surface area (TPSA) is 102 Å². The van der Waals surface area contributed by atoms with E-state index in [1.54, 1.807) is 13.0 Å². The Kier molecular flexibility index (Phi) is 6.60. The maximum Gasteiger partial charge on any atom is 0.310 e. The maximum atomic E-state index is 13.1. The number of nitrogens with one attached hydrogen (secondary N) is 1. The lowest BCUT2D eigenvalue weighted by molar-refractivity contribution is -0.149. The lowest BCUT2D eigenvalue weighted by Gasteiger charge is -2.31. The van der Waals surface area contributed by atoms with Crippen molar-refractivity contribution in [1.29, 1.82) is 0 Å². The molecular formula is C17H24N2O6S. The molecule has 1 aliphatic rings. The molecule has 1 aliphatic heterocycles. The number of ether oxygens (including phenoxy) is 2. The van der Waals surface area contributed by atoms with Crippen molar-refractivity contribution < 1.29 is 27.5 Å². The van der Waals surface area contributed by atoms with E-state index in [-0.39, 0.29) is 35.7 Å². The Morgan fingerprint density at radius 3 is 2.69 bits per heavy atom. The van der Waals surface area contributed by atoms with Crippen molar-refractivity contribution in [3.63, 3.8) is 0 Å². The zero-order valence-corrected chi connectivity index (χ0v) is 16.0. The number of hydrogen-bond donors (Lipinski definition) is 1. The smallest absolute Gasteiger partial charge is 0.310 e. The van der Waals surface area contributed by atoms with Gasteiger partial charge in [0.1, 0.15) is 10.6 Å². The second-order valence-corrected chi connectivity index (χ2v) is 7.91. The molecule has 26 heavy (non-hydrogen) atoms. The molecule has 0 radical (unpaired) electrons. The zero-order valence-electron chi connectivity index (χ0n) is 15.1. The summed E-state index contributed by atoms with van der Waals surface area (Å²) in [6.45, 7) is 3.69. The Balaban J connectivity index is 2.33. The van der Waals surface area contributed by atoms with Crippen LogP contribution in [0.2, 0.25) is 0 Å². The molecule has 1 fully saturated rings. The molecule has 1 N–H and O–H groups in total. The van der Waals surface area contributed by atoms with Crippen LogP contribution in [0.5, 0.6) is 5.75 Å². The van der Waals surface area contributed by atoms with Crippen LogP contribution in [0, 0.1) is 5.92 Å². The Morgan fingerprint density at radius 2 is 2.08 bits per heavy atom. The molecule has 8 nitrogen and oxygen atoms in total. The van der Waals surface area contributed by atoms with Gasteiger partial charge in [-0.1, -0.05) is 0 Å². The average molecular weight is 384 g/mol. The minimum atomic E-state index is -3.90. The summed E-state index contributed by atoms with van der Waals surface area (Å²) in [5, 5.41) is 2.56. The van der Waals surface area contributed by atoms with Gasteiger partial charge in [0.15, 0.2) is 0 Å². The Labute approximate surface area is 153 Å². The number of benzene rings is 1. The second kappa shape index (κ2) is 8.50. The molecule has 1 heterocycles. The molecule has 1 amide bonds. The van der Waals surface area contributed by atoms with Crippen LogP contribution in [-0.4, -0.2) is 51.4 Å². The number of rotatable bonds is 6. The van der Waals surface area contributed by atoms with Gasteiger partial charge in [0.2, 0.25) is 15.9 Å². The summed E-state index contributed by atoms with van der Waals surface area (Å²) in [4.78, 5) is 23.2. The Hall–Kier alpha value is -2.13. The molecule has 1 aromatic carbocycles. The molecule has 0 spiro atoms. The highest BCUT2D eigenvalue weighted by Gasteiger charge is 2.35. The maximum absolute atomic E-state index is 13.1. The van der Waals surface area contributed by atoms with Crippen LogP contribution in [0.1, 0.15) is 26.7 Å². The van der Waals surface area contributed by atoms with Gasteiger partial charge in [-0.2, -0.15) is 4.31 Å². The zero-order chi connectivity index (χ0) is 19.3. The molecule has 2 rings (SSSR count). The van der Waals surface area contributed by atoms with Gasteiger partial charge >= 0.3 is 5.97 Å². The molecule has 1 atom stereocenters. The third-order valence-electron chi connectivity index (χ3n) is 4.11. The summed E-state index contributed by atoms with van der Waals surface area (Å²) in [5.74, 6) is -0.995. The number of esters is 1. The highest BCUT2D eigenvalue weighted by Crippen LogP contribution is 2.32. The fourth-order valence-corrected chi connectivity index (χ4v) is 4.62. The normalized spacial score (nSPS) is 18.2.